The largest absolute Gasteiger partial charge is 0.331 e. The zero-order valence-electron chi connectivity index (χ0n) is 14.7. The summed E-state index contributed by atoms with van der Waals surface area (Å²) in [5, 5.41) is 3.78. The van der Waals surface area contributed by atoms with E-state index in [9.17, 15) is 9.18 Å². The van der Waals surface area contributed by atoms with Gasteiger partial charge in [-0.2, -0.15) is 0 Å². The molecule has 0 saturated carbocycles. The van der Waals surface area contributed by atoms with Crippen molar-refractivity contribution in [3.05, 3.63) is 71.2 Å². The van der Waals surface area contributed by atoms with E-state index in [1.165, 1.54) is 17.0 Å². The molecule has 4 rings (SSSR count). The van der Waals surface area contributed by atoms with E-state index < -0.39 is 0 Å². The number of para-hydroxylation sites is 1. The van der Waals surface area contributed by atoms with E-state index in [1.807, 2.05) is 24.3 Å². The van der Waals surface area contributed by atoms with Crippen LogP contribution in [-0.4, -0.2) is 24.0 Å². The van der Waals surface area contributed by atoms with Crippen LogP contribution >= 0.6 is 0 Å². The summed E-state index contributed by atoms with van der Waals surface area (Å²) in [6.07, 6.45) is 0.875. The van der Waals surface area contributed by atoms with Gasteiger partial charge in [0.25, 0.3) is 5.91 Å². The molecule has 2 N–H and O–H groups in total. The first kappa shape index (κ1) is 16.7. The first-order chi connectivity index (χ1) is 12.7. The van der Waals surface area contributed by atoms with Crippen LogP contribution < -0.4 is 10.2 Å². The highest BCUT2D eigenvalue weighted by atomic mass is 19.1. The van der Waals surface area contributed by atoms with Gasteiger partial charge < -0.3 is 10.2 Å². The molecule has 0 radical (unpaired) electrons. The molecule has 0 fully saturated rings. The van der Waals surface area contributed by atoms with Gasteiger partial charge in [0.2, 0.25) is 0 Å². The maximum absolute atomic E-state index is 13.1. The molecule has 1 unspecified atom stereocenters. The number of hydrogen-bond acceptors (Lipinski definition) is 2. The molecule has 132 valence electrons. The highest BCUT2D eigenvalue weighted by molar-refractivity contribution is 6.13. The summed E-state index contributed by atoms with van der Waals surface area (Å²) in [6.45, 7) is 5.02. The Morgan fingerprint density at radius 3 is 2.73 bits per heavy atom. The number of anilines is 1. The van der Waals surface area contributed by atoms with Crippen LogP contribution in [0.15, 0.2) is 48.5 Å². The topological polar surface area (TPSA) is 46.4 Å². The molecular weight excluding hydrogens is 329 g/mol. The fourth-order valence-electron chi connectivity index (χ4n) is 3.62. The number of benzene rings is 2. The number of nitrogens with one attached hydrogen (secondary N) is 2. The molecule has 0 bridgehead atoms. The molecule has 0 spiro atoms. The zero-order valence-corrected chi connectivity index (χ0v) is 14.7. The van der Waals surface area contributed by atoms with Gasteiger partial charge in [0.05, 0.1) is 29.9 Å². The van der Waals surface area contributed by atoms with Gasteiger partial charge in [0.15, 0.2) is 0 Å². The summed E-state index contributed by atoms with van der Waals surface area (Å²) in [5.74, 6) is -0.485. The molecular formula is C21H21FN3O+. The summed E-state index contributed by atoms with van der Waals surface area (Å²) < 4.78 is 13.1. The number of likely N-dealkylation sites (N-methyl/N-ethyl adjacent to an activating group) is 1. The summed E-state index contributed by atoms with van der Waals surface area (Å²) in [4.78, 5) is 19.4. The number of rotatable bonds is 3. The standard InChI is InChI=1S/C21H20FN3O/c1-2-25-12-11-19-17(13-25)20(16-5-3-4-6-18(16)24-19)21(26)23-15-9-7-14(22)8-10-15/h3-10H,2,11-13H2,1H3,(H,23,26)/p+1. The Kier molecular flexibility index (Phi) is 4.39. The Balaban J connectivity index is 1.81. The maximum Gasteiger partial charge on any atom is 0.256 e. The van der Waals surface area contributed by atoms with Crippen LogP contribution in [0, 0.1) is 5.82 Å². The third-order valence-corrected chi connectivity index (χ3v) is 5.05. The molecule has 26 heavy (non-hydrogen) atoms. The average Bonchev–Trinajstić information content (AvgIpc) is 2.67. The fraction of sp³-hybridized carbons (Fsp3) is 0.238. The molecule has 5 heteroatoms. The predicted octanol–water partition coefficient (Wildman–Crippen LogP) is 2.59. The number of carbonyl (C=O) groups is 1. The number of carbonyl (C=O) groups excluding carboxylic acids is 1. The van der Waals surface area contributed by atoms with Gasteiger partial charge in [-0.15, -0.1) is 0 Å². The van der Waals surface area contributed by atoms with E-state index in [2.05, 4.69) is 12.2 Å². The second kappa shape index (κ2) is 6.84. The predicted molar refractivity (Wildman–Crippen MR) is 99.9 cm³/mol. The van der Waals surface area contributed by atoms with E-state index >= 15 is 0 Å². The number of pyridine rings is 1. The second-order valence-corrected chi connectivity index (χ2v) is 6.67. The Hall–Kier alpha value is -2.79. The highest BCUT2D eigenvalue weighted by Crippen LogP contribution is 2.26. The van der Waals surface area contributed by atoms with Gasteiger partial charge in [-0.25, -0.2) is 4.39 Å². The van der Waals surface area contributed by atoms with Crippen molar-refractivity contribution in [2.45, 2.75) is 19.9 Å². The molecule has 2 aromatic carbocycles. The van der Waals surface area contributed by atoms with Crippen LogP contribution in [-0.2, 0) is 13.0 Å². The van der Waals surface area contributed by atoms with Gasteiger partial charge in [0.1, 0.15) is 12.4 Å². The maximum atomic E-state index is 13.1. The van der Waals surface area contributed by atoms with Gasteiger partial charge in [-0.05, 0) is 37.3 Å². The number of nitrogens with zero attached hydrogens (tertiary/aromatic N) is 1. The molecule has 1 aliphatic heterocycles. The number of amides is 1. The van der Waals surface area contributed by atoms with Crippen molar-refractivity contribution in [3.63, 3.8) is 0 Å². The Labute approximate surface area is 151 Å². The van der Waals surface area contributed by atoms with Gasteiger partial charge in [-0.3, -0.25) is 9.78 Å². The first-order valence-electron chi connectivity index (χ1n) is 8.96. The SMILES string of the molecule is CC[NH+]1CCc2nc3ccccc3c(C(=O)Nc3ccc(F)cc3)c2C1. The number of fused-ring (bicyclic) bond motifs is 2. The van der Waals surface area contributed by atoms with E-state index in [-0.39, 0.29) is 11.7 Å². The third kappa shape index (κ3) is 3.06. The number of aromatic nitrogens is 1. The van der Waals surface area contributed by atoms with Gasteiger partial charge in [0, 0.05) is 23.1 Å². The van der Waals surface area contributed by atoms with Crippen LogP contribution in [0.2, 0.25) is 0 Å². The number of halogens is 1. The van der Waals surface area contributed by atoms with Crippen molar-refractivity contribution in [1.82, 2.24) is 4.98 Å². The van der Waals surface area contributed by atoms with E-state index in [4.69, 9.17) is 4.98 Å². The van der Waals surface area contributed by atoms with Crippen molar-refractivity contribution in [2.75, 3.05) is 18.4 Å². The third-order valence-electron chi connectivity index (χ3n) is 5.05. The lowest BCUT2D eigenvalue weighted by molar-refractivity contribution is -0.914. The minimum atomic E-state index is -0.322. The summed E-state index contributed by atoms with van der Waals surface area (Å²) in [7, 11) is 0. The summed E-state index contributed by atoms with van der Waals surface area (Å²) in [5.41, 5.74) is 4.18. The van der Waals surface area contributed by atoms with E-state index in [0.29, 0.717) is 11.3 Å². The minimum absolute atomic E-state index is 0.163. The monoisotopic (exact) mass is 350 g/mol. The van der Waals surface area contributed by atoms with E-state index in [1.54, 1.807) is 12.1 Å². The molecule has 4 nitrogen and oxygen atoms in total. The summed E-state index contributed by atoms with van der Waals surface area (Å²) in [6, 6.07) is 13.6. The van der Waals surface area contributed by atoms with Crippen molar-refractivity contribution in [1.29, 1.82) is 0 Å². The molecule has 1 aromatic heterocycles. The lowest BCUT2D eigenvalue weighted by Gasteiger charge is -2.26. The van der Waals surface area contributed by atoms with Gasteiger partial charge >= 0.3 is 0 Å². The normalized spacial score (nSPS) is 16.3. The molecule has 1 atom stereocenters. The first-order valence-corrected chi connectivity index (χ1v) is 8.96. The van der Waals surface area contributed by atoms with Crippen LogP contribution in [0.1, 0.15) is 28.5 Å². The quantitative estimate of drug-likeness (QED) is 0.763. The summed E-state index contributed by atoms with van der Waals surface area (Å²) >= 11 is 0. The Morgan fingerprint density at radius 1 is 1.19 bits per heavy atom. The van der Waals surface area contributed by atoms with Crippen molar-refractivity contribution in [3.8, 4) is 0 Å². The molecule has 1 amide bonds. The van der Waals surface area contributed by atoms with Crippen molar-refractivity contribution >= 4 is 22.5 Å². The Morgan fingerprint density at radius 2 is 1.96 bits per heavy atom. The molecule has 0 aliphatic carbocycles. The minimum Gasteiger partial charge on any atom is -0.331 e. The molecule has 0 saturated heterocycles. The van der Waals surface area contributed by atoms with Crippen LogP contribution in [0.25, 0.3) is 10.9 Å². The smallest absolute Gasteiger partial charge is 0.256 e. The van der Waals surface area contributed by atoms with Gasteiger partial charge in [-0.1, -0.05) is 18.2 Å². The van der Waals surface area contributed by atoms with Crippen molar-refractivity contribution < 1.29 is 14.1 Å². The number of hydrogen-bond donors (Lipinski definition) is 2. The number of quaternary nitrogens is 1. The highest BCUT2D eigenvalue weighted by Gasteiger charge is 2.27. The Bertz CT molecular complexity index is 969. The van der Waals surface area contributed by atoms with Crippen LogP contribution in [0.3, 0.4) is 0 Å². The molecule has 2 heterocycles. The van der Waals surface area contributed by atoms with Crippen LogP contribution in [0.5, 0.6) is 0 Å². The van der Waals surface area contributed by atoms with E-state index in [0.717, 1.165) is 48.2 Å². The van der Waals surface area contributed by atoms with Crippen LogP contribution in [0.4, 0.5) is 10.1 Å². The lowest BCUT2D eigenvalue weighted by Crippen LogP contribution is -3.11. The molecule has 1 aliphatic rings. The molecule has 3 aromatic rings. The lowest BCUT2D eigenvalue weighted by atomic mass is 9.95. The average molecular weight is 350 g/mol. The fourth-order valence-corrected chi connectivity index (χ4v) is 3.62. The van der Waals surface area contributed by atoms with Crippen molar-refractivity contribution in [2.24, 2.45) is 0 Å². The second-order valence-electron chi connectivity index (χ2n) is 6.67. The zero-order chi connectivity index (χ0) is 18.1.